The fraction of sp³-hybridized carbons (Fsp3) is 0.643. The summed E-state index contributed by atoms with van der Waals surface area (Å²) in [5.74, 6) is 1.68. The van der Waals surface area contributed by atoms with E-state index in [1.165, 1.54) is 12.1 Å². The molecule has 1 unspecified atom stereocenters. The fourth-order valence-electron chi connectivity index (χ4n) is 2.01. The summed E-state index contributed by atoms with van der Waals surface area (Å²) in [4.78, 5) is 6.62. The first-order valence-corrected chi connectivity index (χ1v) is 6.47. The average molecular weight is 235 g/mol. The van der Waals surface area contributed by atoms with Gasteiger partial charge in [-0.1, -0.05) is 13.8 Å². The van der Waals surface area contributed by atoms with Crippen molar-refractivity contribution in [3.8, 4) is 0 Å². The predicted molar refractivity (Wildman–Crippen MR) is 75.7 cm³/mol. The lowest BCUT2D eigenvalue weighted by Crippen LogP contribution is -2.30. The maximum atomic E-state index is 4.29. The number of pyridine rings is 1. The maximum absolute atomic E-state index is 4.29. The number of nitrogens with one attached hydrogen (secondary N) is 1. The molecule has 0 saturated heterocycles. The van der Waals surface area contributed by atoms with Crippen molar-refractivity contribution in [2.24, 2.45) is 5.92 Å². The van der Waals surface area contributed by atoms with Crippen LogP contribution in [0.2, 0.25) is 0 Å². The van der Waals surface area contributed by atoms with Crippen molar-refractivity contribution in [1.82, 2.24) is 4.98 Å². The van der Waals surface area contributed by atoms with Gasteiger partial charge in [0.05, 0.1) is 0 Å². The van der Waals surface area contributed by atoms with Crippen LogP contribution in [0.4, 0.5) is 11.5 Å². The minimum absolute atomic E-state index is 0.548. The van der Waals surface area contributed by atoms with Gasteiger partial charge in [0.25, 0.3) is 0 Å². The SMILES string of the molecule is CCNc1cc(N(C)C(C)CC(C)C)ccn1. The van der Waals surface area contributed by atoms with Gasteiger partial charge in [-0.15, -0.1) is 0 Å². The van der Waals surface area contributed by atoms with E-state index in [9.17, 15) is 0 Å². The summed E-state index contributed by atoms with van der Waals surface area (Å²) < 4.78 is 0. The second kappa shape index (κ2) is 6.48. The molecule has 17 heavy (non-hydrogen) atoms. The van der Waals surface area contributed by atoms with Crippen LogP contribution in [0.1, 0.15) is 34.1 Å². The number of hydrogen-bond donors (Lipinski definition) is 1. The van der Waals surface area contributed by atoms with E-state index in [1.54, 1.807) is 0 Å². The number of aromatic nitrogens is 1. The maximum Gasteiger partial charge on any atom is 0.127 e. The number of anilines is 2. The van der Waals surface area contributed by atoms with Crippen molar-refractivity contribution >= 4 is 11.5 Å². The van der Waals surface area contributed by atoms with E-state index in [1.807, 2.05) is 6.20 Å². The topological polar surface area (TPSA) is 28.2 Å². The first kappa shape index (κ1) is 13.8. The quantitative estimate of drug-likeness (QED) is 0.819. The Labute approximate surface area is 105 Å². The van der Waals surface area contributed by atoms with Gasteiger partial charge in [0, 0.05) is 37.6 Å². The van der Waals surface area contributed by atoms with Gasteiger partial charge in [-0.3, -0.25) is 0 Å². The van der Waals surface area contributed by atoms with Crippen LogP contribution >= 0.6 is 0 Å². The lowest BCUT2D eigenvalue weighted by atomic mass is 10.0. The van der Waals surface area contributed by atoms with E-state index in [2.05, 4.69) is 62.1 Å². The monoisotopic (exact) mass is 235 g/mol. The van der Waals surface area contributed by atoms with E-state index in [4.69, 9.17) is 0 Å². The molecule has 0 aliphatic rings. The van der Waals surface area contributed by atoms with E-state index in [0.29, 0.717) is 6.04 Å². The summed E-state index contributed by atoms with van der Waals surface area (Å²) in [6.07, 6.45) is 3.07. The summed E-state index contributed by atoms with van der Waals surface area (Å²) in [6, 6.07) is 4.73. The van der Waals surface area contributed by atoms with Crippen LogP contribution < -0.4 is 10.2 Å². The molecule has 1 aromatic rings. The van der Waals surface area contributed by atoms with Crippen LogP contribution in [0, 0.1) is 5.92 Å². The molecule has 1 N–H and O–H groups in total. The first-order valence-electron chi connectivity index (χ1n) is 6.47. The number of hydrogen-bond acceptors (Lipinski definition) is 3. The predicted octanol–water partition coefficient (Wildman–Crippen LogP) is 3.38. The highest BCUT2D eigenvalue weighted by molar-refractivity contribution is 5.53. The number of nitrogens with zero attached hydrogens (tertiary/aromatic N) is 2. The molecule has 0 saturated carbocycles. The molecule has 0 bridgehead atoms. The van der Waals surface area contributed by atoms with Crippen molar-refractivity contribution in [2.45, 2.75) is 40.2 Å². The Morgan fingerprint density at radius 3 is 2.65 bits per heavy atom. The second-order valence-electron chi connectivity index (χ2n) is 5.02. The highest BCUT2D eigenvalue weighted by atomic mass is 15.1. The van der Waals surface area contributed by atoms with Gasteiger partial charge < -0.3 is 10.2 Å². The van der Waals surface area contributed by atoms with Gasteiger partial charge in [0.15, 0.2) is 0 Å². The second-order valence-corrected chi connectivity index (χ2v) is 5.02. The lowest BCUT2D eigenvalue weighted by Gasteiger charge is -2.28. The molecule has 0 radical (unpaired) electrons. The van der Waals surface area contributed by atoms with Crippen LogP contribution in [-0.2, 0) is 0 Å². The lowest BCUT2D eigenvalue weighted by molar-refractivity contribution is 0.504. The van der Waals surface area contributed by atoms with E-state index >= 15 is 0 Å². The van der Waals surface area contributed by atoms with Crippen LogP contribution in [0.15, 0.2) is 18.3 Å². The molecule has 0 aliphatic carbocycles. The van der Waals surface area contributed by atoms with E-state index in [0.717, 1.165) is 18.3 Å². The third kappa shape index (κ3) is 4.25. The standard InChI is InChI=1S/C14H25N3/c1-6-15-14-10-13(7-8-16-14)17(5)12(4)9-11(2)3/h7-8,10-12H,6,9H2,1-5H3,(H,15,16). The fourth-order valence-corrected chi connectivity index (χ4v) is 2.01. The van der Waals surface area contributed by atoms with Crippen molar-refractivity contribution < 1.29 is 0 Å². The molecule has 0 amide bonds. The molecular weight excluding hydrogens is 210 g/mol. The molecule has 3 heteroatoms. The summed E-state index contributed by atoms with van der Waals surface area (Å²) >= 11 is 0. The molecule has 1 heterocycles. The largest absolute Gasteiger partial charge is 0.372 e. The third-order valence-electron chi connectivity index (χ3n) is 2.98. The molecule has 96 valence electrons. The molecule has 1 atom stereocenters. The van der Waals surface area contributed by atoms with Gasteiger partial charge in [0.1, 0.15) is 5.82 Å². The van der Waals surface area contributed by atoms with Crippen LogP contribution in [0.25, 0.3) is 0 Å². The van der Waals surface area contributed by atoms with E-state index < -0.39 is 0 Å². The molecular formula is C14H25N3. The highest BCUT2D eigenvalue weighted by Crippen LogP contribution is 2.20. The Kier molecular flexibility index (Phi) is 5.26. The third-order valence-corrected chi connectivity index (χ3v) is 2.98. The Morgan fingerprint density at radius 1 is 1.35 bits per heavy atom. The average Bonchev–Trinajstić information content (AvgIpc) is 2.28. The van der Waals surface area contributed by atoms with Crippen LogP contribution in [0.5, 0.6) is 0 Å². The van der Waals surface area contributed by atoms with Crippen molar-refractivity contribution in [3.63, 3.8) is 0 Å². The molecule has 1 aromatic heterocycles. The van der Waals surface area contributed by atoms with Gasteiger partial charge in [0.2, 0.25) is 0 Å². The molecule has 0 aliphatic heterocycles. The summed E-state index contributed by atoms with van der Waals surface area (Å²) in [5, 5.41) is 3.24. The Morgan fingerprint density at radius 2 is 2.06 bits per heavy atom. The van der Waals surface area contributed by atoms with Gasteiger partial charge in [-0.25, -0.2) is 4.98 Å². The number of rotatable bonds is 6. The minimum atomic E-state index is 0.548. The summed E-state index contributed by atoms with van der Waals surface area (Å²) in [6.45, 7) is 9.79. The Hall–Kier alpha value is -1.25. The summed E-state index contributed by atoms with van der Waals surface area (Å²) in [5.41, 5.74) is 1.23. The smallest absolute Gasteiger partial charge is 0.127 e. The Balaban J connectivity index is 2.73. The van der Waals surface area contributed by atoms with E-state index in [-0.39, 0.29) is 0 Å². The zero-order valence-corrected chi connectivity index (χ0v) is 11.7. The van der Waals surface area contributed by atoms with Crippen molar-refractivity contribution in [1.29, 1.82) is 0 Å². The van der Waals surface area contributed by atoms with Crippen molar-refractivity contribution in [3.05, 3.63) is 18.3 Å². The molecule has 3 nitrogen and oxygen atoms in total. The van der Waals surface area contributed by atoms with Crippen LogP contribution in [-0.4, -0.2) is 24.6 Å². The van der Waals surface area contributed by atoms with Gasteiger partial charge >= 0.3 is 0 Å². The van der Waals surface area contributed by atoms with Gasteiger partial charge in [-0.05, 0) is 32.3 Å². The van der Waals surface area contributed by atoms with Crippen molar-refractivity contribution in [2.75, 3.05) is 23.8 Å². The van der Waals surface area contributed by atoms with Crippen LogP contribution in [0.3, 0.4) is 0 Å². The van der Waals surface area contributed by atoms with Gasteiger partial charge in [-0.2, -0.15) is 0 Å². The molecule has 0 aromatic carbocycles. The Bertz CT molecular complexity index is 336. The highest BCUT2D eigenvalue weighted by Gasteiger charge is 2.12. The zero-order chi connectivity index (χ0) is 12.8. The molecule has 1 rings (SSSR count). The summed E-state index contributed by atoms with van der Waals surface area (Å²) in [7, 11) is 2.15. The minimum Gasteiger partial charge on any atom is -0.372 e. The zero-order valence-electron chi connectivity index (χ0n) is 11.7. The molecule has 0 fully saturated rings. The normalized spacial score (nSPS) is 12.6. The first-order chi connectivity index (χ1) is 8.04. The molecule has 0 spiro atoms.